The van der Waals surface area contributed by atoms with E-state index in [1.54, 1.807) is 37.4 Å². The quantitative estimate of drug-likeness (QED) is 0.401. The number of halogens is 1. The Bertz CT molecular complexity index is 1210. The van der Waals surface area contributed by atoms with Crippen LogP contribution in [0.3, 0.4) is 0 Å². The highest BCUT2D eigenvalue weighted by molar-refractivity contribution is 5.92. The van der Waals surface area contributed by atoms with Crippen LogP contribution in [0.4, 0.5) is 4.39 Å². The number of para-hydroxylation sites is 1. The van der Waals surface area contributed by atoms with Gasteiger partial charge in [0.05, 0.1) is 21.3 Å². The van der Waals surface area contributed by atoms with Crippen LogP contribution < -0.4 is 18.9 Å². The predicted molar refractivity (Wildman–Crippen MR) is 131 cm³/mol. The number of hydrogen-bond donors (Lipinski definition) is 1. The molecular weight excluding hydrogens is 469 g/mol. The molecule has 8 nitrogen and oxygen atoms in total. The number of amides is 1. The first-order valence-electron chi connectivity index (χ1n) is 11.1. The van der Waals surface area contributed by atoms with E-state index in [4.69, 9.17) is 18.9 Å². The maximum absolute atomic E-state index is 14.4. The third-order valence-corrected chi connectivity index (χ3v) is 5.56. The number of carboxylic acids is 1. The monoisotopic (exact) mass is 497 g/mol. The third kappa shape index (κ3) is 6.44. The first-order chi connectivity index (χ1) is 17.4. The number of benzene rings is 3. The summed E-state index contributed by atoms with van der Waals surface area (Å²) in [5.41, 5.74) is 1.10. The zero-order valence-corrected chi connectivity index (χ0v) is 20.3. The Labute approximate surface area is 208 Å². The second-order valence-corrected chi connectivity index (χ2v) is 7.78. The lowest BCUT2D eigenvalue weighted by atomic mass is 10.1. The summed E-state index contributed by atoms with van der Waals surface area (Å²) in [6.45, 7) is -0.190. The molecule has 0 aromatic heterocycles. The smallest absolute Gasteiger partial charge is 0.339 e. The number of carbonyl (C=O) groups excluding carboxylic acids is 1. The van der Waals surface area contributed by atoms with Gasteiger partial charge in [0.2, 0.25) is 0 Å². The van der Waals surface area contributed by atoms with E-state index in [0.29, 0.717) is 23.5 Å². The molecule has 0 heterocycles. The number of aromatic carboxylic acids is 1. The van der Waals surface area contributed by atoms with Gasteiger partial charge < -0.3 is 29.0 Å². The van der Waals surface area contributed by atoms with Crippen molar-refractivity contribution in [3.63, 3.8) is 0 Å². The van der Waals surface area contributed by atoms with Crippen LogP contribution in [0.25, 0.3) is 0 Å². The molecule has 3 aromatic carbocycles. The van der Waals surface area contributed by atoms with Gasteiger partial charge in [0, 0.05) is 18.7 Å². The molecule has 0 aliphatic carbocycles. The summed E-state index contributed by atoms with van der Waals surface area (Å²) < 4.78 is 35.8. The molecule has 0 radical (unpaired) electrons. The third-order valence-electron chi connectivity index (χ3n) is 5.56. The summed E-state index contributed by atoms with van der Waals surface area (Å²) in [6.07, 6.45) is 0.454. The number of ether oxygens (including phenoxy) is 4. The largest absolute Gasteiger partial charge is 0.493 e. The second kappa shape index (κ2) is 12.4. The first kappa shape index (κ1) is 26.3. The minimum Gasteiger partial charge on any atom is -0.493 e. The van der Waals surface area contributed by atoms with Crippen molar-refractivity contribution in [1.82, 2.24) is 4.90 Å². The van der Waals surface area contributed by atoms with Gasteiger partial charge in [0.25, 0.3) is 5.91 Å². The molecule has 1 N–H and O–H groups in total. The van der Waals surface area contributed by atoms with Crippen LogP contribution in [0.1, 0.15) is 21.5 Å². The molecule has 0 atom stereocenters. The molecule has 0 spiro atoms. The van der Waals surface area contributed by atoms with E-state index in [1.165, 1.54) is 37.3 Å². The van der Waals surface area contributed by atoms with Crippen LogP contribution in [0.2, 0.25) is 0 Å². The first-order valence-corrected chi connectivity index (χ1v) is 11.1. The van der Waals surface area contributed by atoms with E-state index in [-0.39, 0.29) is 30.2 Å². The van der Waals surface area contributed by atoms with E-state index in [1.807, 2.05) is 12.1 Å². The van der Waals surface area contributed by atoms with Crippen LogP contribution >= 0.6 is 0 Å². The Morgan fingerprint density at radius 1 is 0.889 bits per heavy atom. The predicted octanol–water partition coefficient (Wildman–Crippen LogP) is 4.20. The summed E-state index contributed by atoms with van der Waals surface area (Å²) in [5, 5.41) is 9.48. The van der Waals surface area contributed by atoms with Crippen LogP contribution in [0, 0.1) is 5.82 Å². The number of methoxy groups -OCH3 is 3. The maximum atomic E-state index is 14.4. The number of carbonyl (C=O) groups is 2. The molecule has 190 valence electrons. The number of rotatable bonds is 12. The molecule has 0 aliphatic rings. The van der Waals surface area contributed by atoms with Crippen LogP contribution in [-0.2, 0) is 17.8 Å². The molecule has 0 saturated carbocycles. The Balaban J connectivity index is 1.80. The fraction of sp³-hybridized carbons (Fsp3) is 0.259. The summed E-state index contributed by atoms with van der Waals surface area (Å²) in [6, 6.07) is 16.1. The van der Waals surface area contributed by atoms with E-state index >= 15 is 0 Å². The minimum absolute atomic E-state index is 0.0138. The topological polar surface area (TPSA) is 94.5 Å². The van der Waals surface area contributed by atoms with Gasteiger partial charge in [-0.2, -0.15) is 0 Å². The molecule has 3 aromatic rings. The lowest BCUT2D eigenvalue weighted by molar-refractivity contribution is -0.134. The average Bonchev–Trinajstić information content (AvgIpc) is 2.89. The zero-order chi connectivity index (χ0) is 26.1. The zero-order valence-electron chi connectivity index (χ0n) is 20.3. The van der Waals surface area contributed by atoms with Crippen LogP contribution in [0.15, 0.2) is 60.7 Å². The number of nitrogens with zero attached hydrogens (tertiary/aromatic N) is 1. The molecule has 0 aliphatic heterocycles. The molecular formula is C27H28FNO7. The maximum Gasteiger partial charge on any atom is 0.339 e. The standard InChI is InChI=1S/C27H28FNO7/c1-33-22-12-11-18(15-24(22)35-3)13-14-29(16-19-7-4-5-9-21(19)28)25(30)17-36-26-20(27(31)32)8-6-10-23(26)34-2/h4-12,15H,13-14,16-17H2,1-3H3,(H,31,32). The van der Waals surface area contributed by atoms with Gasteiger partial charge in [-0.1, -0.05) is 30.3 Å². The average molecular weight is 498 g/mol. The fourth-order valence-electron chi connectivity index (χ4n) is 3.64. The molecule has 36 heavy (non-hydrogen) atoms. The highest BCUT2D eigenvalue weighted by Gasteiger charge is 2.21. The van der Waals surface area contributed by atoms with Crippen molar-refractivity contribution in [2.45, 2.75) is 13.0 Å². The van der Waals surface area contributed by atoms with Crippen molar-refractivity contribution in [3.05, 3.63) is 83.2 Å². The van der Waals surface area contributed by atoms with Crippen molar-refractivity contribution >= 4 is 11.9 Å². The fourth-order valence-corrected chi connectivity index (χ4v) is 3.64. The van der Waals surface area contributed by atoms with Crippen LogP contribution in [0.5, 0.6) is 23.0 Å². The van der Waals surface area contributed by atoms with Gasteiger partial charge in [-0.25, -0.2) is 9.18 Å². The van der Waals surface area contributed by atoms with Gasteiger partial charge in [-0.05, 0) is 42.3 Å². The SMILES string of the molecule is COc1ccc(CCN(Cc2ccccc2F)C(=O)COc2c(OC)cccc2C(=O)O)cc1OC. The summed E-state index contributed by atoms with van der Waals surface area (Å²) in [5.74, 6) is -0.808. The Morgan fingerprint density at radius 3 is 2.28 bits per heavy atom. The second-order valence-electron chi connectivity index (χ2n) is 7.78. The summed E-state index contributed by atoms with van der Waals surface area (Å²) in [7, 11) is 4.46. The van der Waals surface area contributed by atoms with Crippen molar-refractivity contribution in [1.29, 1.82) is 0 Å². The van der Waals surface area contributed by atoms with Crippen molar-refractivity contribution in [2.24, 2.45) is 0 Å². The van der Waals surface area contributed by atoms with Gasteiger partial charge >= 0.3 is 5.97 Å². The van der Waals surface area contributed by atoms with E-state index in [0.717, 1.165) is 5.56 Å². The van der Waals surface area contributed by atoms with Gasteiger partial charge in [-0.15, -0.1) is 0 Å². The van der Waals surface area contributed by atoms with Crippen molar-refractivity contribution in [2.75, 3.05) is 34.5 Å². The molecule has 3 rings (SSSR count). The van der Waals surface area contributed by atoms with E-state index in [2.05, 4.69) is 0 Å². The normalized spacial score (nSPS) is 10.4. The Morgan fingerprint density at radius 2 is 1.61 bits per heavy atom. The lowest BCUT2D eigenvalue weighted by Gasteiger charge is -2.24. The Hall–Kier alpha value is -4.27. The lowest BCUT2D eigenvalue weighted by Crippen LogP contribution is -2.36. The van der Waals surface area contributed by atoms with Gasteiger partial charge in [0.1, 0.15) is 11.4 Å². The molecule has 0 bridgehead atoms. The molecule has 0 unspecified atom stereocenters. The van der Waals surface area contributed by atoms with Crippen molar-refractivity contribution in [3.8, 4) is 23.0 Å². The van der Waals surface area contributed by atoms with Gasteiger partial charge in [-0.3, -0.25) is 4.79 Å². The number of carboxylic acid groups (broad SMARTS) is 1. The van der Waals surface area contributed by atoms with Crippen molar-refractivity contribution < 1.29 is 38.0 Å². The molecule has 0 fully saturated rings. The summed E-state index contributed by atoms with van der Waals surface area (Å²) >= 11 is 0. The van der Waals surface area contributed by atoms with Gasteiger partial charge in [0.15, 0.2) is 29.6 Å². The number of hydrogen-bond acceptors (Lipinski definition) is 6. The summed E-state index contributed by atoms with van der Waals surface area (Å²) in [4.78, 5) is 26.3. The van der Waals surface area contributed by atoms with E-state index in [9.17, 15) is 19.1 Å². The Kier molecular flexibility index (Phi) is 9.10. The minimum atomic E-state index is -1.21. The van der Waals surface area contributed by atoms with Crippen LogP contribution in [-0.4, -0.2) is 56.4 Å². The molecule has 0 saturated heterocycles. The highest BCUT2D eigenvalue weighted by atomic mass is 19.1. The van der Waals surface area contributed by atoms with E-state index < -0.39 is 24.3 Å². The highest BCUT2D eigenvalue weighted by Crippen LogP contribution is 2.31. The molecule has 1 amide bonds. The molecule has 9 heteroatoms.